The second kappa shape index (κ2) is 7.66. The van der Waals surface area contributed by atoms with Gasteiger partial charge < -0.3 is 4.42 Å². The second-order valence-corrected chi connectivity index (χ2v) is 8.39. The van der Waals surface area contributed by atoms with E-state index >= 15 is 0 Å². The summed E-state index contributed by atoms with van der Waals surface area (Å²) in [6.45, 7) is 1.99. The summed E-state index contributed by atoms with van der Waals surface area (Å²) in [6, 6.07) is 24.3. The molecule has 0 spiro atoms. The Morgan fingerprint density at radius 3 is 2.38 bits per heavy atom. The number of hydrogen-bond acceptors (Lipinski definition) is 4. The van der Waals surface area contributed by atoms with Crippen molar-refractivity contribution < 1.29 is 12.8 Å². The molecule has 0 aliphatic rings. The van der Waals surface area contributed by atoms with Crippen molar-refractivity contribution in [2.45, 2.75) is 18.2 Å². The Bertz CT molecular complexity index is 1260. The Hall–Kier alpha value is -3.22. The van der Waals surface area contributed by atoms with Gasteiger partial charge in [-0.05, 0) is 30.7 Å². The number of sulfonamides is 1. The van der Waals surface area contributed by atoms with Gasteiger partial charge in [-0.3, -0.25) is 0 Å². The summed E-state index contributed by atoms with van der Waals surface area (Å²) in [6.07, 6.45) is 0.497. The molecule has 0 unspecified atom stereocenters. The summed E-state index contributed by atoms with van der Waals surface area (Å²) in [4.78, 5) is 4.72. The van der Waals surface area contributed by atoms with Crippen LogP contribution in [0.4, 0.5) is 0 Å². The van der Waals surface area contributed by atoms with Crippen LogP contribution in [0.25, 0.3) is 22.6 Å². The maximum Gasteiger partial charge on any atom is 0.238 e. The molecule has 0 atom stereocenters. The number of aromatic nitrogens is 1. The summed E-state index contributed by atoms with van der Waals surface area (Å²) in [7, 11) is -3.93. The monoisotopic (exact) mass is 404 g/mol. The minimum atomic E-state index is -3.93. The number of hydrogen-bond donors (Lipinski definition) is 1. The lowest BCUT2D eigenvalue weighted by Gasteiger charge is -2.07. The molecule has 4 aromatic rings. The first kappa shape index (κ1) is 19.1. The van der Waals surface area contributed by atoms with Crippen LogP contribution >= 0.6 is 0 Å². The van der Waals surface area contributed by atoms with Gasteiger partial charge in [0.05, 0.1) is 4.90 Å². The first-order chi connectivity index (χ1) is 13.9. The molecular weight excluding hydrogens is 384 g/mol. The van der Waals surface area contributed by atoms with Crippen molar-refractivity contribution in [2.75, 3.05) is 0 Å². The number of benzene rings is 3. The van der Waals surface area contributed by atoms with Crippen molar-refractivity contribution >= 4 is 10.0 Å². The highest BCUT2D eigenvalue weighted by Crippen LogP contribution is 2.36. The van der Waals surface area contributed by atoms with Crippen molar-refractivity contribution in [1.29, 1.82) is 0 Å². The molecule has 5 nitrogen and oxygen atoms in total. The third kappa shape index (κ3) is 4.13. The first-order valence-corrected chi connectivity index (χ1v) is 10.7. The standard InChI is InChI=1S/C23H20N2O3S/c1-16-8-7-11-18(14-16)22-23(19-12-5-6-13-20(19)29(24,26)27)28-21(25-22)15-17-9-3-2-4-10-17/h2-14H,15H2,1H3,(H2,24,26,27). The minimum Gasteiger partial charge on any atom is -0.440 e. The summed E-state index contributed by atoms with van der Waals surface area (Å²) >= 11 is 0. The van der Waals surface area contributed by atoms with Crippen molar-refractivity contribution in [3.63, 3.8) is 0 Å². The molecule has 1 aromatic heterocycles. The van der Waals surface area contributed by atoms with E-state index < -0.39 is 10.0 Å². The highest BCUT2D eigenvalue weighted by Gasteiger charge is 2.23. The van der Waals surface area contributed by atoms with Crippen LogP contribution in [0.5, 0.6) is 0 Å². The van der Waals surface area contributed by atoms with Gasteiger partial charge in [0.25, 0.3) is 0 Å². The summed E-state index contributed by atoms with van der Waals surface area (Å²) in [5.74, 6) is 0.901. The van der Waals surface area contributed by atoms with Crippen molar-refractivity contribution in [3.8, 4) is 22.6 Å². The molecule has 0 saturated heterocycles. The van der Waals surface area contributed by atoms with Crippen molar-refractivity contribution in [3.05, 3.63) is 95.9 Å². The van der Waals surface area contributed by atoms with E-state index in [0.717, 1.165) is 16.7 Å². The van der Waals surface area contributed by atoms with Gasteiger partial charge in [-0.2, -0.15) is 0 Å². The van der Waals surface area contributed by atoms with Gasteiger partial charge >= 0.3 is 0 Å². The van der Waals surface area contributed by atoms with Crippen LogP contribution in [-0.4, -0.2) is 13.4 Å². The summed E-state index contributed by atoms with van der Waals surface area (Å²) < 4.78 is 30.4. The fourth-order valence-electron chi connectivity index (χ4n) is 3.28. The fourth-order valence-corrected chi connectivity index (χ4v) is 4.02. The fraction of sp³-hybridized carbons (Fsp3) is 0.0870. The average molecular weight is 404 g/mol. The highest BCUT2D eigenvalue weighted by molar-refractivity contribution is 7.89. The van der Waals surface area contributed by atoms with Gasteiger partial charge in [0.15, 0.2) is 11.7 Å². The van der Waals surface area contributed by atoms with E-state index in [1.165, 1.54) is 6.07 Å². The molecular formula is C23H20N2O3S. The van der Waals surface area contributed by atoms with Gasteiger partial charge in [0, 0.05) is 17.5 Å². The SMILES string of the molecule is Cc1cccc(-c2nc(Cc3ccccc3)oc2-c2ccccc2S(N)(=O)=O)c1. The number of rotatable bonds is 5. The molecule has 0 fully saturated rings. The van der Waals surface area contributed by atoms with Gasteiger partial charge in [-0.25, -0.2) is 18.5 Å². The van der Waals surface area contributed by atoms with Gasteiger partial charge in [-0.1, -0.05) is 66.2 Å². The first-order valence-electron chi connectivity index (χ1n) is 9.15. The number of primary sulfonamides is 1. The molecule has 0 amide bonds. The number of aryl methyl sites for hydroxylation is 1. The summed E-state index contributed by atoms with van der Waals surface area (Å²) in [5.41, 5.74) is 3.97. The molecule has 0 saturated carbocycles. The number of nitrogens with zero attached hydrogens (tertiary/aromatic N) is 1. The molecule has 29 heavy (non-hydrogen) atoms. The van der Waals surface area contributed by atoms with Gasteiger partial charge in [0.1, 0.15) is 5.69 Å². The van der Waals surface area contributed by atoms with Crippen LogP contribution in [0.3, 0.4) is 0 Å². The Labute approximate surface area is 169 Å². The van der Waals surface area contributed by atoms with Crippen LogP contribution in [-0.2, 0) is 16.4 Å². The topological polar surface area (TPSA) is 86.2 Å². The van der Waals surface area contributed by atoms with Crippen LogP contribution in [0.15, 0.2) is 88.2 Å². The van der Waals surface area contributed by atoms with E-state index in [-0.39, 0.29) is 4.90 Å². The average Bonchev–Trinajstić information content (AvgIpc) is 3.12. The van der Waals surface area contributed by atoms with Crippen LogP contribution in [0.1, 0.15) is 17.0 Å². The Kier molecular flexibility index (Phi) is 5.05. The molecule has 0 aliphatic carbocycles. The van der Waals surface area contributed by atoms with Gasteiger partial charge in [-0.15, -0.1) is 0 Å². The van der Waals surface area contributed by atoms with Crippen LogP contribution in [0.2, 0.25) is 0 Å². The zero-order valence-corrected chi connectivity index (χ0v) is 16.7. The van der Waals surface area contributed by atoms with E-state index in [4.69, 9.17) is 14.5 Å². The molecule has 0 aliphatic heterocycles. The Morgan fingerprint density at radius 2 is 1.66 bits per heavy atom. The largest absolute Gasteiger partial charge is 0.440 e. The zero-order valence-electron chi connectivity index (χ0n) is 15.9. The molecule has 2 N–H and O–H groups in total. The van der Waals surface area contributed by atoms with E-state index in [1.807, 2.05) is 61.5 Å². The van der Waals surface area contributed by atoms with Crippen molar-refractivity contribution in [2.24, 2.45) is 5.14 Å². The Balaban J connectivity index is 1.91. The third-order valence-electron chi connectivity index (χ3n) is 4.60. The third-order valence-corrected chi connectivity index (χ3v) is 5.57. The quantitative estimate of drug-likeness (QED) is 0.528. The minimum absolute atomic E-state index is 0.0105. The second-order valence-electron chi connectivity index (χ2n) is 6.86. The highest BCUT2D eigenvalue weighted by atomic mass is 32.2. The molecule has 6 heteroatoms. The lowest BCUT2D eigenvalue weighted by atomic mass is 10.0. The lowest BCUT2D eigenvalue weighted by Crippen LogP contribution is -2.13. The van der Waals surface area contributed by atoms with Gasteiger partial charge in [0.2, 0.25) is 10.0 Å². The van der Waals surface area contributed by atoms with Crippen LogP contribution in [0, 0.1) is 6.92 Å². The zero-order chi connectivity index (χ0) is 20.4. The van der Waals surface area contributed by atoms with E-state index in [2.05, 4.69) is 0 Å². The smallest absolute Gasteiger partial charge is 0.238 e. The number of nitrogens with two attached hydrogens (primary N) is 1. The molecule has 1 heterocycles. The maximum atomic E-state index is 12.1. The maximum absolute atomic E-state index is 12.1. The predicted molar refractivity (Wildman–Crippen MR) is 113 cm³/mol. The molecule has 4 rings (SSSR count). The van der Waals surface area contributed by atoms with E-state index in [9.17, 15) is 8.42 Å². The predicted octanol–water partition coefficient (Wildman–Crippen LogP) is 4.56. The molecule has 0 radical (unpaired) electrons. The Morgan fingerprint density at radius 1 is 0.931 bits per heavy atom. The molecule has 3 aromatic carbocycles. The van der Waals surface area contributed by atoms with E-state index in [0.29, 0.717) is 29.3 Å². The number of oxazole rings is 1. The summed E-state index contributed by atoms with van der Waals surface area (Å²) in [5, 5.41) is 5.45. The van der Waals surface area contributed by atoms with Crippen molar-refractivity contribution in [1.82, 2.24) is 4.98 Å². The van der Waals surface area contributed by atoms with E-state index in [1.54, 1.807) is 18.2 Å². The normalized spacial score (nSPS) is 11.5. The molecule has 0 bridgehead atoms. The lowest BCUT2D eigenvalue weighted by molar-refractivity contribution is 0.518. The van der Waals surface area contributed by atoms with Crippen LogP contribution < -0.4 is 5.14 Å². The molecule has 146 valence electrons.